The molecule has 1 aliphatic rings. The molecule has 0 aliphatic carbocycles. The van der Waals surface area contributed by atoms with Crippen molar-refractivity contribution in [1.82, 2.24) is 9.97 Å². The summed E-state index contributed by atoms with van der Waals surface area (Å²) >= 11 is 0. The van der Waals surface area contributed by atoms with Crippen LogP contribution in [-0.2, 0) is 16.3 Å². The quantitative estimate of drug-likeness (QED) is 0.876. The van der Waals surface area contributed by atoms with Crippen LogP contribution < -0.4 is 10.6 Å². The Kier molecular flexibility index (Phi) is 4.24. The van der Waals surface area contributed by atoms with Crippen molar-refractivity contribution in [3.8, 4) is 0 Å². The number of nitrogen functional groups attached to an aromatic ring is 1. The van der Waals surface area contributed by atoms with Gasteiger partial charge in [-0.05, 0) is 12.8 Å². The van der Waals surface area contributed by atoms with Crippen LogP contribution in [0.25, 0.3) is 0 Å². The highest BCUT2D eigenvalue weighted by Crippen LogP contribution is 2.24. The highest BCUT2D eigenvalue weighted by atomic mass is 32.2. The summed E-state index contributed by atoms with van der Waals surface area (Å²) in [5, 5.41) is 0. The molecule has 2 heterocycles. The van der Waals surface area contributed by atoms with E-state index in [-0.39, 0.29) is 11.5 Å². The van der Waals surface area contributed by atoms with Crippen LogP contribution in [0, 0.1) is 0 Å². The van der Waals surface area contributed by atoms with Crippen molar-refractivity contribution in [2.75, 3.05) is 35.2 Å². The van der Waals surface area contributed by atoms with Gasteiger partial charge in [0.05, 0.1) is 11.5 Å². The van der Waals surface area contributed by atoms with Gasteiger partial charge in [0.1, 0.15) is 18.0 Å². The van der Waals surface area contributed by atoms with Gasteiger partial charge in [-0.25, -0.2) is 18.4 Å². The van der Waals surface area contributed by atoms with Crippen LogP contribution >= 0.6 is 0 Å². The van der Waals surface area contributed by atoms with Crippen molar-refractivity contribution >= 4 is 21.5 Å². The summed E-state index contributed by atoms with van der Waals surface area (Å²) in [6, 6.07) is 0. The Hall–Kier alpha value is -1.37. The van der Waals surface area contributed by atoms with E-state index in [0.29, 0.717) is 25.3 Å². The Morgan fingerprint density at radius 1 is 1.32 bits per heavy atom. The number of anilines is 2. The standard InChI is InChI=1S/C12H20N4O2S/c1-2-4-10-11(13)14-9-15-12(10)16-5-3-7-19(17,18)8-6-16/h9H,2-8H2,1H3,(H2,13,14,15). The van der Waals surface area contributed by atoms with Gasteiger partial charge in [-0.3, -0.25) is 0 Å². The van der Waals surface area contributed by atoms with E-state index in [4.69, 9.17) is 5.73 Å². The minimum Gasteiger partial charge on any atom is -0.383 e. The molecule has 0 radical (unpaired) electrons. The molecular weight excluding hydrogens is 264 g/mol. The van der Waals surface area contributed by atoms with Crippen molar-refractivity contribution in [3.63, 3.8) is 0 Å². The van der Waals surface area contributed by atoms with Gasteiger partial charge >= 0.3 is 0 Å². The second-order valence-corrected chi connectivity index (χ2v) is 7.11. The smallest absolute Gasteiger partial charge is 0.152 e. The minimum absolute atomic E-state index is 0.183. The van der Waals surface area contributed by atoms with Gasteiger partial charge in [0.25, 0.3) is 0 Å². The monoisotopic (exact) mass is 284 g/mol. The van der Waals surface area contributed by atoms with Crippen LogP contribution in [0.1, 0.15) is 25.3 Å². The fraction of sp³-hybridized carbons (Fsp3) is 0.667. The van der Waals surface area contributed by atoms with Gasteiger partial charge in [0.15, 0.2) is 9.84 Å². The summed E-state index contributed by atoms with van der Waals surface area (Å²) in [6.07, 6.45) is 3.85. The fourth-order valence-electron chi connectivity index (χ4n) is 2.33. The van der Waals surface area contributed by atoms with Crippen LogP contribution in [0.2, 0.25) is 0 Å². The normalized spacial score (nSPS) is 19.1. The largest absolute Gasteiger partial charge is 0.383 e. The zero-order chi connectivity index (χ0) is 13.9. The number of aromatic nitrogens is 2. The number of nitrogens with two attached hydrogens (primary N) is 1. The molecule has 6 nitrogen and oxygen atoms in total. The Morgan fingerprint density at radius 3 is 2.84 bits per heavy atom. The van der Waals surface area contributed by atoms with Crippen LogP contribution in [0.15, 0.2) is 6.33 Å². The van der Waals surface area contributed by atoms with E-state index in [9.17, 15) is 8.42 Å². The zero-order valence-corrected chi connectivity index (χ0v) is 12.0. The molecule has 106 valence electrons. The molecule has 0 spiro atoms. The SMILES string of the molecule is CCCc1c(N)ncnc1N1CCCS(=O)(=O)CC1. The van der Waals surface area contributed by atoms with Crippen LogP contribution in [0.5, 0.6) is 0 Å². The lowest BCUT2D eigenvalue weighted by Gasteiger charge is -2.23. The molecule has 0 saturated carbocycles. The van der Waals surface area contributed by atoms with Crippen molar-refractivity contribution < 1.29 is 8.42 Å². The van der Waals surface area contributed by atoms with Crippen LogP contribution in [0.4, 0.5) is 11.6 Å². The van der Waals surface area contributed by atoms with Gasteiger partial charge < -0.3 is 10.6 Å². The predicted octanol–water partition coefficient (Wildman–Crippen LogP) is 0.636. The first-order valence-electron chi connectivity index (χ1n) is 6.58. The molecule has 1 aromatic heterocycles. The van der Waals surface area contributed by atoms with Gasteiger partial charge in [-0.15, -0.1) is 0 Å². The molecule has 0 atom stereocenters. The first-order valence-corrected chi connectivity index (χ1v) is 8.40. The maximum absolute atomic E-state index is 11.6. The third-order valence-electron chi connectivity index (χ3n) is 3.31. The molecule has 1 fully saturated rings. The number of nitrogens with zero attached hydrogens (tertiary/aromatic N) is 3. The first-order chi connectivity index (χ1) is 9.03. The van der Waals surface area contributed by atoms with Gasteiger partial charge in [-0.1, -0.05) is 13.3 Å². The lowest BCUT2D eigenvalue weighted by atomic mass is 10.1. The second-order valence-electron chi connectivity index (χ2n) is 4.80. The van der Waals surface area contributed by atoms with E-state index >= 15 is 0 Å². The van der Waals surface area contributed by atoms with Gasteiger partial charge in [0, 0.05) is 18.7 Å². The lowest BCUT2D eigenvalue weighted by Crippen LogP contribution is -2.29. The molecule has 0 unspecified atom stereocenters. The third kappa shape index (κ3) is 3.34. The topological polar surface area (TPSA) is 89.2 Å². The lowest BCUT2D eigenvalue weighted by molar-refractivity contribution is 0.597. The molecule has 1 aliphatic heterocycles. The highest BCUT2D eigenvalue weighted by molar-refractivity contribution is 7.91. The van der Waals surface area contributed by atoms with E-state index in [1.165, 1.54) is 6.33 Å². The van der Waals surface area contributed by atoms with E-state index in [1.54, 1.807) is 0 Å². The first kappa shape index (κ1) is 14.0. The molecule has 2 rings (SSSR count). The summed E-state index contributed by atoms with van der Waals surface area (Å²) in [4.78, 5) is 10.4. The van der Waals surface area contributed by atoms with E-state index in [1.807, 2.05) is 4.90 Å². The minimum atomic E-state index is -2.91. The molecular formula is C12H20N4O2S. The molecule has 1 aromatic rings. The van der Waals surface area contributed by atoms with Crippen LogP contribution in [0.3, 0.4) is 0 Å². The molecule has 19 heavy (non-hydrogen) atoms. The third-order valence-corrected chi connectivity index (χ3v) is 5.03. The zero-order valence-electron chi connectivity index (χ0n) is 11.2. The van der Waals surface area contributed by atoms with Gasteiger partial charge in [0.2, 0.25) is 0 Å². The summed E-state index contributed by atoms with van der Waals surface area (Å²) in [5.74, 6) is 1.74. The fourth-order valence-corrected chi connectivity index (χ4v) is 3.60. The summed E-state index contributed by atoms with van der Waals surface area (Å²) < 4.78 is 23.3. The van der Waals surface area contributed by atoms with Crippen LogP contribution in [-0.4, -0.2) is 43.0 Å². The Morgan fingerprint density at radius 2 is 2.11 bits per heavy atom. The Labute approximate surface area is 114 Å². The number of rotatable bonds is 3. The average molecular weight is 284 g/mol. The average Bonchev–Trinajstić information content (AvgIpc) is 2.53. The van der Waals surface area contributed by atoms with Crippen molar-refractivity contribution in [3.05, 3.63) is 11.9 Å². The van der Waals surface area contributed by atoms with E-state index in [0.717, 1.165) is 24.2 Å². The maximum Gasteiger partial charge on any atom is 0.152 e. The molecule has 0 amide bonds. The summed E-state index contributed by atoms with van der Waals surface area (Å²) in [7, 11) is -2.91. The number of sulfone groups is 1. The molecule has 1 saturated heterocycles. The molecule has 0 bridgehead atoms. The van der Waals surface area contributed by atoms with E-state index in [2.05, 4.69) is 16.9 Å². The molecule has 2 N–H and O–H groups in total. The van der Waals surface area contributed by atoms with Crippen molar-refractivity contribution in [2.24, 2.45) is 0 Å². The second kappa shape index (κ2) is 5.73. The van der Waals surface area contributed by atoms with Crippen molar-refractivity contribution in [2.45, 2.75) is 26.2 Å². The predicted molar refractivity (Wildman–Crippen MR) is 75.9 cm³/mol. The summed E-state index contributed by atoms with van der Waals surface area (Å²) in [5.41, 5.74) is 6.84. The number of hydrogen-bond acceptors (Lipinski definition) is 6. The van der Waals surface area contributed by atoms with Gasteiger partial charge in [-0.2, -0.15) is 0 Å². The highest BCUT2D eigenvalue weighted by Gasteiger charge is 2.22. The Balaban J connectivity index is 2.28. The number of hydrogen-bond donors (Lipinski definition) is 1. The Bertz CT molecular complexity index is 545. The summed E-state index contributed by atoms with van der Waals surface area (Å²) in [6.45, 7) is 3.25. The van der Waals surface area contributed by atoms with E-state index < -0.39 is 9.84 Å². The molecule has 7 heteroatoms. The maximum atomic E-state index is 11.6. The molecule has 0 aromatic carbocycles. The van der Waals surface area contributed by atoms with Crippen molar-refractivity contribution in [1.29, 1.82) is 0 Å².